The standard InChI is InChI=1S/C20H23NO2/c1-4-19-18(15-7-5-14(2)6-8-15)13-20(22)21(19)16-9-11-17(23-3)12-10-16/h5-12,18-19H,4,13H2,1-3H3/t18-,19-/m0/s1. The first kappa shape index (κ1) is 15.6. The van der Waals surface area contributed by atoms with Gasteiger partial charge in [0.1, 0.15) is 5.75 Å². The van der Waals surface area contributed by atoms with Crippen molar-refractivity contribution in [3.8, 4) is 5.75 Å². The van der Waals surface area contributed by atoms with E-state index in [0.29, 0.717) is 6.42 Å². The Morgan fingerprint density at radius 3 is 2.30 bits per heavy atom. The van der Waals surface area contributed by atoms with E-state index in [4.69, 9.17) is 4.74 Å². The molecule has 23 heavy (non-hydrogen) atoms. The number of benzene rings is 2. The van der Waals surface area contributed by atoms with Gasteiger partial charge in [0.2, 0.25) is 5.91 Å². The van der Waals surface area contributed by atoms with E-state index in [9.17, 15) is 4.79 Å². The molecule has 1 heterocycles. The van der Waals surface area contributed by atoms with Crippen LogP contribution in [0.25, 0.3) is 0 Å². The summed E-state index contributed by atoms with van der Waals surface area (Å²) in [7, 11) is 1.65. The number of carbonyl (C=O) groups is 1. The molecule has 2 atom stereocenters. The van der Waals surface area contributed by atoms with Crippen LogP contribution < -0.4 is 9.64 Å². The highest BCUT2D eigenvalue weighted by atomic mass is 16.5. The third kappa shape index (κ3) is 2.96. The van der Waals surface area contributed by atoms with E-state index in [-0.39, 0.29) is 17.9 Å². The molecule has 1 aliphatic heterocycles. The minimum Gasteiger partial charge on any atom is -0.497 e. The lowest BCUT2D eigenvalue weighted by Gasteiger charge is -2.27. The molecule has 0 radical (unpaired) electrons. The van der Waals surface area contributed by atoms with Gasteiger partial charge in [-0.3, -0.25) is 4.79 Å². The van der Waals surface area contributed by atoms with Crippen molar-refractivity contribution in [1.29, 1.82) is 0 Å². The molecule has 1 aliphatic rings. The second-order valence-electron chi connectivity index (χ2n) is 6.16. The molecular weight excluding hydrogens is 286 g/mol. The fraction of sp³-hybridized carbons (Fsp3) is 0.350. The van der Waals surface area contributed by atoms with E-state index in [1.807, 2.05) is 29.2 Å². The summed E-state index contributed by atoms with van der Waals surface area (Å²) in [5.74, 6) is 1.27. The van der Waals surface area contributed by atoms with Crippen molar-refractivity contribution >= 4 is 11.6 Å². The molecule has 2 aromatic carbocycles. The first-order chi connectivity index (χ1) is 11.1. The second-order valence-corrected chi connectivity index (χ2v) is 6.16. The van der Waals surface area contributed by atoms with Crippen LogP contribution >= 0.6 is 0 Å². The number of anilines is 1. The molecule has 1 fully saturated rings. The molecule has 0 spiro atoms. The molecule has 3 nitrogen and oxygen atoms in total. The Bertz CT molecular complexity index is 676. The number of hydrogen-bond acceptors (Lipinski definition) is 2. The molecule has 0 N–H and O–H groups in total. The SMILES string of the molecule is CC[C@H]1[C@H](c2ccc(C)cc2)CC(=O)N1c1ccc(OC)cc1. The Balaban J connectivity index is 1.91. The van der Waals surface area contributed by atoms with Crippen molar-refractivity contribution in [2.24, 2.45) is 0 Å². The van der Waals surface area contributed by atoms with Gasteiger partial charge in [-0.15, -0.1) is 0 Å². The lowest BCUT2D eigenvalue weighted by Crippen LogP contribution is -2.34. The molecule has 0 bridgehead atoms. The number of amides is 1. The highest BCUT2D eigenvalue weighted by Crippen LogP contribution is 2.39. The molecule has 0 unspecified atom stereocenters. The van der Waals surface area contributed by atoms with Crippen LogP contribution in [-0.2, 0) is 4.79 Å². The average Bonchev–Trinajstić information content (AvgIpc) is 2.92. The summed E-state index contributed by atoms with van der Waals surface area (Å²) < 4.78 is 5.21. The van der Waals surface area contributed by atoms with Crippen molar-refractivity contribution in [3.63, 3.8) is 0 Å². The van der Waals surface area contributed by atoms with Gasteiger partial charge in [0.25, 0.3) is 0 Å². The second kappa shape index (κ2) is 6.45. The zero-order chi connectivity index (χ0) is 16.4. The first-order valence-electron chi connectivity index (χ1n) is 8.16. The smallest absolute Gasteiger partial charge is 0.227 e. The molecule has 0 aromatic heterocycles. The van der Waals surface area contributed by atoms with Gasteiger partial charge in [0, 0.05) is 24.1 Å². The van der Waals surface area contributed by atoms with Gasteiger partial charge in [-0.1, -0.05) is 36.8 Å². The topological polar surface area (TPSA) is 29.5 Å². The van der Waals surface area contributed by atoms with Crippen LogP contribution in [-0.4, -0.2) is 19.1 Å². The summed E-state index contributed by atoms with van der Waals surface area (Å²) in [4.78, 5) is 14.6. The Hall–Kier alpha value is -2.29. The summed E-state index contributed by atoms with van der Waals surface area (Å²) in [5.41, 5.74) is 3.46. The van der Waals surface area contributed by atoms with E-state index in [1.165, 1.54) is 11.1 Å². The molecule has 1 amide bonds. The van der Waals surface area contributed by atoms with Crippen molar-refractivity contribution in [2.45, 2.75) is 38.6 Å². The zero-order valence-electron chi connectivity index (χ0n) is 14.0. The van der Waals surface area contributed by atoms with Crippen LogP contribution in [0.2, 0.25) is 0 Å². The summed E-state index contributed by atoms with van der Waals surface area (Å²) >= 11 is 0. The predicted molar refractivity (Wildman–Crippen MR) is 93.1 cm³/mol. The monoisotopic (exact) mass is 309 g/mol. The molecule has 120 valence electrons. The van der Waals surface area contributed by atoms with Gasteiger partial charge in [-0.05, 0) is 43.2 Å². The van der Waals surface area contributed by atoms with Crippen LogP contribution in [0.4, 0.5) is 5.69 Å². The van der Waals surface area contributed by atoms with E-state index in [0.717, 1.165) is 17.9 Å². The van der Waals surface area contributed by atoms with Crippen LogP contribution in [0.15, 0.2) is 48.5 Å². The Kier molecular flexibility index (Phi) is 4.37. The summed E-state index contributed by atoms with van der Waals surface area (Å²) in [6.07, 6.45) is 1.52. The van der Waals surface area contributed by atoms with E-state index in [2.05, 4.69) is 38.1 Å². The number of nitrogens with zero attached hydrogens (tertiary/aromatic N) is 1. The summed E-state index contributed by atoms with van der Waals surface area (Å²) in [6.45, 7) is 4.24. The maximum absolute atomic E-state index is 12.6. The summed E-state index contributed by atoms with van der Waals surface area (Å²) in [6, 6.07) is 16.5. The molecular formula is C20H23NO2. The van der Waals surface area contributed by atoms with Crippen LogP contribution in [0, 0.1) is 6.92 Å². The maximum atomic E-state index is 12.6. The van der Waals surface area contributed by atoms with E-state index >= 15 is 0 Å². The lowest BCUT2D eigenvalue weighted by atomic mass is 9.89. The highest BCUT2D eigenvalue weighted by molar-refractivity contribution is 5.97. The summed E-state index contributed by atoms with van der Waals surface area (Å²) in [5, 5.41) is 0. The van der Waals surface area contributed by atoms with Crippen LogP contribution in [0.1, 0.15) is 36.8 Å². The zero-order valence-corrected chi connectivity index (χ0v) is 14.0. The molecule has 2 aromatic rings. The highest BCUT2D eigenvalue weighted by Gasteiger charge is 2.40. The van der Waals surface area contributed by atoms with Gasteiger partial charge in [-0.25, -0.2) is 0 Å². The molecule has 3 heteroatoms. The number of hydrogen-bond donors (Lipinski definition) is 0. The Morgan fingerprint density at radius 1 is 1.09 bits per heavy atom. The molecule has 3 rings (SSSR count). The van der Waals surface area contributed by atoms with E-state index < -0.39 is 0 Å². The largest absolute Gasteiger partial charge is 0.497 e. The fourth-order valence-corrected chi connectivity index (χ4v) is 3.49. The minimum atomic E-state index is 0.201. The number of ether oxygens (including phenoxy) is 1. The fourth-order valence-electron chi connectivity index (χ4n) is 3.49. The quantitative estimate of drug-likeness (QED) is 0.842. The van der Waals surface area contributed by atoms with Crippen molar-refractivity contribution in [3.05, 3.63) is 59.7 Å². The third-order valence-electron chi connectivity index (χ3n) is 4.73. The Morgan fingerprint density at radius 2 is 1.74 bits per heavy atom. The first-order valence-corrected chi connectivity index (χ1v) is 8.16. The lowest BCUT2D eigenvalue weighted by molar-refractivity contribution is -0.117. The number of methoxy groups -OCH3 is 1. The normalized spacial score (nSPS) is 20.8. The van der Waals surface area contributed by atoms with Crippen LogP contribution in [0.5, 0.6) is 5.75 Å². The van der Waals surface area contributed by atoms with Gasteiger partial charge in [-0.2, -0.15) is 0 Å². The molecule has 0 saturated carbocycles. The Labute approximate surface area is 137 Å². The molecule has 0 aliphatic carbocycles. The number of aryl methyl sites for hydroxylation is 1. The molecule has 1 saturated heterocycles. The average molecular weight is 309 g/mol. The van der Waals surface area contributed by atoms with Crippen molar-refractivity contribution in [2.75, 3.05) is 12.0 Å². The van der Waals surface area contributed by atoms with Crippen molar-refractivity contribution < 1.29 is 9.53 Å². The van der Waals surface area contributed by atoms with Gasteiger partial charge >= 0.3 is 0 Å². The van der Waals surface area contributed by atoms with Gasteiger partial charge in [0.15, 0.2) is 0 Å². The van der Waals surface area contributed by atoms with Gasteiger partial charge < -0.3 is 9.64 Å². The maximum Gasteiger partial charge on any atom is 0.227 e. The van der Waals surface area contributed by atoms with E-state index in [1.54, 1.807) is 7.11 Å². The van der Waals surface area contributed by atoms with Crippen LogP contribution in [0.3, 0.4) is 0 Å². The number of rotatable bonds is 4. The van der Waals surface area contributed by atoms with Crippen molar-refractivity contribution in [1.82, 2.24) is 0 Å². The van der Waals surface area contributed by atoms with Gasteiger partial charge in [0.05, 0.1) is 7.11 Å². The number of carbonyl (C=O) groups excluding carboxylic acids is 1. The minimum absolute atomic E-state index is 0.201. The predicted octanol–water partition coefficient (Wildman–Crippen LogP) is 4.30. The third-order valence-corrected chi connectivity index (χ3v) is 4.73.